The van der Waals surface area contributed by atoms with Crippen LogP contribution in [0.2, 0.25) is 0 Å². The van der Waals surface area contributed by atoms with Crippen LogP contribution in [0.4, 0.5) is 45.2 Å². The molecule has 1 aromatic rings. The first-order valence-electron chi connectivity index (χ1n) is 7.65. The van der Waals surface area contributed by atoms with Crippen LogP contribution in [-0.4, -0.2) is 35.5 Å². The van der Waals surface area contributed by atoms with Gasteiger partial charge in [0, 0.05) is 6.54 Å². The highest BCUT2D eigenvalue weighted by atomic mass is 19.4. The number of nitrogens with zero attached hydrogens (tertiary/aromatic N) is 2. The molecule has 0 fully saturated rings. The van der Waals surface area contributed by atoms with Crippen molar-refractivity contribution in [3.05, 3.63) is 29.3 Å². The lowest BCUT2D eigenvalue weighted by Gasteiger charge is -2.31. The van der Waals surface area contributed by atoms with Crippen LogP contribution in [-0.2, 0) is 17.1 Å². The van der Waals surface area contributed by atoms with Gasteiger partial charge < -0.3 is 5.32 Å². The number of hydrogen-bond donors (Lipinski definition) is 1. The summed E-state index contributed by atoms with van der Waals surface area (Å²) in [5.41, 5.74) is -4.32. The van der Waals surface area contributed by atoms with Crippen LogP contribution in [0.3, 0.4) is 0 Å². The van der Waals surface area contributed by atoms with E-state index in [0.717, 1.165) is 0 Å². The maximum atomic E-state index is 13.2. The Balaban J connectivity index is 2.52. The van der Waals surface area contributed by atoms with Crippen LogP contribution in [0, 0.1) is 0 Å². The summed E-state index contributed by atoms with van der Waals surface area (Å²) in [6.07, 6.45) is -16.3. The summed E-state index contributed by atoms with van der Waals surface area (Å²) in [6.45, 7) is 1.14. The molecule has 1 aromatic carbocycles. The third-order valence-corrected chi connectivity index (χ3v) is 3.80. The third-order valence-electron chi connectivity index (χ3n) is 3.80. The number of alkyl halides is 9. The van der Waals surface area contributed by atoms with E-state index in [4.69, 9.17) is 0 Å². The van der Waals surface area contributed by atoms with E-state index < -0.39 is 59.7 Å². The minimum atomic E-state index is -5.25. The van der Waals surface area contributed by atoms with E-state index in [2.05, 4.69) is 4.99 Å². The molecule has 0 spiro atoms. The number of nitrogens with one attached hydrogen (secondary N) is 1. The molecule has 0 bridgehead atoms. The molecule has 2 rings (SSSR count). The van der Waals surface area contributed by atoms with Crippen LogP contribution in [0.5, 0.6) is 0 Å². The van der Waals surface area contributed by atoms with E-state index in [1.165, 1.54) is 6.92 Å². The van der Waals surface area contributed by atoms with Gasteiger partial charge in [0.05, 0.1) is 23.2 Å². The Morgan fingerprint density at radius 2 is 1.68 bits per heavy atom. The van der Waals surface area contributed by atoms with E-state index in [1.54, 1.807) is 0 Å². The highest BCUT2D eigenvalue weighted by molar-refractivity contribution is 6.06. The summed E-state index contributed by atoms with van der Waals surface area (Å²) in [5, 5.41) is 1.94. The third kappa shape index (κ3) is 4.68. The van der Waals surface area contributed by atoms with Gasteiger partial charge in [-0.25, -0.2) is 4.99 Å². The molecule has 1 amide bonds. The van der Waals surface area contributed by atoms with Crippen LogP contribution < -0.4 is 5.32 Å². The fraction of sp³-hybridized carbons (Fsp3) is 0.467. The minimum Gasteiger partial charge on any atom is -0.325 e. The maximum absolute atomic E-state index is 13.2. The average molecular weight is 421 g/mol. The number of guanidine groups is 1. The van der Waals surface area contributed by atoms with Crippen molar-refractivity contribution in [3.63, 3.8) is 0 Å². The highest BCUT2D eigenvalue weighted by Gasteiger charge is 2.45. The van der Waals surface area contributed by atoms with E-state index >= 15 is 0 Å². The molecule has 0 aliphatic carbocycles. The molecule has 0 aromatic heterocycles. The summed E-state index contributed by atoms with van der Waals surface area (Å²) in [6, 6.07) is -1.90. The molecule has 1 heterocycles. The molecule has 1 unspecified atom stereocenters. The van der Waals surface area contributed by atoms with Crippen molar-refractivity contribution in [2.24, 2.45) is 4.99 Å². The normalized spacial score (nSPS) is 18.9. The molecule has 13 heteroatoms. The van der Waals surface area contributed by atoms with Gasteiger partial charge in [0.15, 0.2) is 6.04 Å². The Bertz CT molecular complexity index is 780. The summed E-state index contributed by atoms with van der Waals surface area (Å²) in [4.78, 5) is 15.8. The smallest absolute Gasteiger partial charge is 0.325 e. The highest BCUT2D eigenvalue weighted by Crippen LogP contribution is 2.40. The number of hydrogen-bond acceptors (Lipinski definition) is 3. The average Bonchev–Trinajstić information content (AvgIpc) is 2.52. The Morgan fingerprint density at radius 1 is 1.07 bits per heavy atom. The van der Waals surface area contributed by atoms with Crippen molar-refractivity contribution < 1.29 is 44.3 Å². The number of anilines is 1. The number of rotatable bonds is 2. The monoisotopic (exact) mass is 421 g/mol. The van der Waals surface area contributed by atoms with Crippen molar-refractivity contribution in [1.82, 2.24) is 4.90 Å². The summed E-state index contributed by atoms with van der Waals surface area (Å²) >= 11 is 0. The van der Waals surface area contributed by atoms with Gasteiger partial charge in [-0.15, -0.1) is 0 Å². The minimum absolute atomic E-state index is 0.176. The van der Waals surface area contributed by atoms with Gasteiger partial charge >= 0.3 is 18.5 Å². The van der Waals surface area contributed by atoms with Gasteiger partial charge in [0.25, 0.3) is 0 Å². The summed E-state index contributed by atoms with van der Waals surface area (Å²) in [7, 11) is 0. The number of aliphatic imine (C=N–C) groups is 1. The van der Waals surface area contributed by atoms with E-state index in [9.17, 15) is 44.3 Å². The molecule has 0 radical (unpaired) electrons. The standard InChI is InChI=1S/C15H12F9N3O/c1-2-27-11(28)6-10(15(22,23)24)26-12(27)25-9-4-3-7(13(16,17)18)5-8(9)14(19,20)21/h3-5,10H,2,6H2,1H3,(H,25,26). The first-order valence-corrected chi connectivity index (χ1v) is 7.65. The lowest BCUT2D eigenvalue weighted by atomic mass is 10.1. The molecule has 4 nitrogen and oxygen atoms in total. The Hall–Kier alpha value is -2.47. The number of benzene rings is 1. The van der Waals surface area contributed by atoms with Gasteiger partial charge in [0.1, 0.15) is 0 Å². The molecule has 1 aliphatic heterocycles. The molecule has 156 valence electrons. The number of carbonyl (C=O) groups is 1. The number of amides is 1. The Labute approximate surface area is 152 Å². The first kappa shape index (κ1) is 21.8. The van der Waals surface area contributed by atoms with Crippen molar-refractivity contribution in [2.45, 2.75) is 37.9 Å². The van der Waals surface area contributed by atoms with Crippen molar-refractivity contribution >= 4 is 17.6 Å². The zero-order valence-electron chi connectivity index (χ0n) is 13.9. The van der Waals surface area contributed by atoms with Gasteiger partial charge in [-0.2, -0.15) is 39.5 Å². The number of halogens is 9. The van der Waals surface area contributed by atoms with Gasteiger partial charge in [0.2, 0.25) is 11.9 Å². The van der Waals surface area contributed by atoms with Gasteiger partial charge in [-0.3, -0.25) is 9.69 Å². The first-order chi connectivity index (χ1) is 12.6. The lowest BCUT2D eigenvalue weighted by molar-refractivity contribution is -0.158. The largest absolute Gasteiger partial charge is 0.418 e. The van der Waals surface area contributed by atoms with E-state index in [-0.39, 0.29) is 12.6 Å². The summed E-state index contributed by atoms with van der Waals surface area (Å²) < 4.78 is 116. The molecular weight excluding hydrogens is 409 g/mol. The van der Waals surface area contributed by atoms with E-state index in [0.29, 0.717) is 17.0 Å². The zero-order valence-corrected chi connectivity index (χ0v) is 13.9. The second-order valence-electron chi connectivity index (χ2n) is 5.73. The predicted octanol–water partition coefficient (Wildman–Crippen LogP) is 4.68. The molecule has 1 aliphatic rings. The lowest BCUT2D eigenvalue weighted by Crippen LogP contribution is -2.49. The van der Waals surface area contributed by atoms with Gasteiger partial charge in [-0.05, 0) is 25.1 Å². The zero-order chi connectivity index (χ0) is 21.5. The van der Waals surface area contributed by atoms with Crippen LogP contribution in [0.15, 0.2) is 23.2 Å². The Morgan fingerprint density at radius 3 is 2.14 bits per heavy atom. The molecular formula is C15H12F9N3O. The second kappa shape index (κ2) is 7.17. The molecule has 1 atom stereocenters. The number of carbonyl (C=O) groups excluding carboxylic acids is 1. The van der Waals surface area contributed by atoms with Crippen LogP contribution >= 0.6 is 0 Å². The SMILES string of the molecule is CCN1C(=O)CC(C(F)(F)F)N=C1Nc1ccc(C(F)(F)F)cc1C(F)(F)F. The van der Waals surface area contributed by atoms with Crippen molar-refractivity contribution in [3.8, 4) is 0 Å². The molecule has 28 heavy (non-hydrogen) atoms. The fourth-order valence-electron chi connectivity index (χ4n) is 2.46. The molecule has 0 saturated heterocycles. The quantitative estimate of drug-likeness (QED) is 0.706. The topological polar surface area (TPSA) is 44.7 Å². The van der Waals surface area contributed by atoms with Gasteiger partial charge in [-0.1, -0.05) is 0 Å². The van der Waals surface area contributed by atoms with E-state index in [1.807, 2.05) is 5.32 Å². The molecule has 0 saturated carbocycles. The van der Waals surface area contributed by atoms with Crippen LogP contribution in [0.25, 0.3) is 0 Å². The second-order valence-corrected chi connectivity index (χ2v) is 5.73. The fourth-order valence-corrected chi connectivity index (χ4v) is 2.46. The Kier molecular flexibility index (Phi) is 5.59. The van der Waals surface area contributed by atoms with Crippen LogP contribution in [0.1, 0.15) is 24.5 Å². The predicted molar refractivity (Wildman–Crippen MR) is 79.4 cm³/mol. The molecule has 1 N–H and O–H groups in total. The maximum Gasteiger partial charge on any atom is 0.418 e. The summed E-state index contributed by atoms with van der Waals surface area (Å²) in [5.74, 6) is -1.87. The van der Waals surface area contributed by atoms with Crippen molar-refractivity contribution in [2.75, 3.05) is 11.9 Å². The van der Waals surface area contributed by atoms with Crippen molar-refractivity contribution in [1.29, 1.82) is 0 Å².